The number of ether oxygens (including phenoxy) is 2. The highest BCUT2D eigenvalue weighted by Crippen LogP contribution is 2.48. The van der Waals surface area contributed by atoms with Gasteiger partial charge in [0.1, 0.15) is 23.7 Å². The van der Waals surface area contributed by atoms with Crippen LogP contribution in [0.1, 0.15) is 64.3 Å². The number of carbonyl (C=O) groups is 1. The minimum absolute atomic E-state index is 0.139. The summed E-state index contributed by atoms with van der Waals surface area (Å²) in [5, 5.41) is 3.51. The second-order valence-corrected chi connectivity index (χ2v) is 8.70. The molecule has 1 aromatic rings. The zero-order chi connectivity index (χ0) is 22.4. The highest BCUT2D eigenvalue weighted by atomic mass is 19.4. The minimum Gasteiger partial charge on any atom is -0.444 e. The second kappa shape index (κ2) is 7.61. The van der Waals surface area contributed by atoms with E-state index in [-0.39, 0.29) is 25.4 Å². The number of aromatic nitrogens is 2. The lowest BCUT2D eigenvalue weighted by Gasteiger charge is -2.40. The van der Waals surface area contributed by atoms with E-state index < -0.39 is 67.0 Å². The highest BCUT2D eigenvalue weighted by Gasteiger charge is 2.60. The fourth-order valence-corrected chi connectivity index (χ4v) is 3.51. The number of nitrogens with zero attached hydrogens (tertiary/aromatic N) is 3. The van der Waals surface area contributed by atoms with Gasteiger partial charge in [-0.15, -0.1) is 0 Å². The largest absolute Gasteiger partial charge is 0.444 e. The van der Waals surface area contributed by atoms with Gasteiger partial charge in [-0.25, -0.2) is 13.6 Å². The normalized spacial score (nSPS) is 24.5. The minimum atomic E-state index is -4.70. The van der Waals surface area contributed by atoms with E-state index in [0.29, 0.717) is 0 Å². The van der Waals surface area contributed by atoms with E-state index in [1.54, 1.807) is 20.8 Å². The van der Waals surface area contributed by atoms with Crippen molar-refractivity contribution >= 4 is 6.09 Å². The van der Waals surface area contributed by atoms with Crippen molar-refractivity contribution in [2.24, 2.45) is 0 Å². The fraction of sp³-hybridized carbons (Fsp3) is 0.833. The summed E-state index contributed by atoms with van der Waals surface area (Å²) in [5.41, 5.74) is -3.18. The van der Waals surface area contributed by atoms with Crippen molar-refractivity contribution in [1.29, 1.82) is 0 Å². The molecule has 12 heteroatoms. The van der Waals surface area contributed by atoms with Crippen LogP contribution in [0.15, 0.2) is 4.52 Å². The molecule has 1 amide bonds. The third kappa shape index (κ3) is 4.68. The maximum absolute atomic E-state index is 14.0. The Labute approximate surface area is 169 Å². The fourth-order valence-electron chi connectivity index (χ4n) is 3.51. The second-order valence-electron chi connectivity index (χ2n) is 8.70. The van der Waals surface area contributed by atoms with Crippen LogP contribution >= 0.6 is 0 Å². The molecule has 1 unspecified atom stereocenters. The number of rotatable bonds is 2. The van der Waals surface area contributed by atoms with Gasteiger partial charge in [-0.05, 0) is 40.0 Å². The molecule has 170 valence electrons. The SMILES string of the molecule is CC(C)(C)OC(=O)N1CCC(c2noc(C3CCC(F)(F)CO3)n2)(C(F)(F)F)CC1. The molecule has 3 rings (SSSR count). The van der Waals surface area contributed by atoms with Gasteiger partial charge < -0.3 is 18.9 Å². The Kier molecular flexibility index (Phi) is 5.76. The van der Waals surface area contributed by atoms with E-state index in [4.69, 9.17) is 14.0 Å². The van der Waals surface area contributed by atoms with Gasteiger partial charge >= 0.3 is 12.3 Å². The monoisotopic (exact) mass is 441 g/mol. The summed E-state index contributed by atoms with van der Waals surface area (Å²) < 4.78 is 83.8. The first-order valence-electron chi connectivity index (χ1n) is 9.61. The first-order valence-corrected chi connectivity index (χ1v) is 9.61. The average molecular weight is 441 g/mol. The van der Waals surface area contributed by atoms with Gasteiger partial charge in [-0.3, -0.25) is 0 Å². The number of alkyl halides is 5. The third-order valence-electron chi connectivity index (χ3n) is 5.22. The number of piperidine rings is 1. The number of likely N-dealkylation sites (tertiary alicyclic amines) is 1. The van der Waals surface area contributed by atoms with E-state index in [1.165, 1.54) is 4.90 Å². The third-order valence-corrected chi connectivity index (χ3v) is 5.22. The summed E-state index contributed by atoms with van der Waals surface area (Å²) in [5.74, 6) is -3.81. The molecule has 0 N–H and O–H groups in total. The predicted molar refractivity (Wildman–Crippen MR) is 91.9 cm³/mol. The number of hydrogen-bond acceptors (Lipinski definition) is 6. The Morgan fingerprint density at radius 1 is 1.17 bits per heavy atom. The lowest BCUT2D eigenvalue weighted by molar-refractivity contribution is -0.205. The van der Waals surface area contributed by atoms with Crippen LogP contribution in [0.25, 0.3) is 0 Å². The molecule has 0 aliphatic carbocycles. The van der Waals surface area contributed by atoms with Gasteiger partial charge in [-0.2, -0.15) is 18.2 Å². The lowest BCUT2D eigenvalue weighted by atomic mass is 9.77. The van der Waals surface area contributed by atoms with Crippen LogP contribution in [0.3, 0.4) is 0 Å². The van der Waals surface area contributed by atoms with Crippen LogP contribution in [0, 0.1) is 0 Å². The van der Waals surface area contributed by atoms with Crippen molar-refractivity contribution in [1.82, 2.24) is 15.0 Å². The van der Waals surface area contributed by atoms with Gasteiger partial charge in [0, 0.05) is 19.5 Å². The number of carbonyl (C=O) groups excluding carboxylic acids is 1. The maximum Gasteiger partial charge on any atom is 0.410 e. The average Bonchev–Trinajstić information content (AvgIpc) is 3.09. The van der Waals surface area contributed by atoms with Gasteiger partial charge in [0.2, 0.25) is 0 Å². The summed E-state index contributed by atoms with van der Waals surface area (Å²) >= 11 is 0. The molecule has 2 fully saturated rings. The summed E-state index contributed by atoms with van der Waals surface area (Å²) in [6, 6.07) is 0. The van der Waals surface area contributed by atoms with Gasteiger partial charge in [0.25, 0.3) is 11.8 Å². The predicted octanol–water partition coefficient (Wildman–Crippen LogP) is 4.39. The molecule has 0 bridgehead atoms. The van der Waals surface area contributed by atoms with Gasteiger partial charge in [-0.1, -0.05) is 5.16 Å². The van der Waals surface area contributed by atoms with Crippen molar-refractivity contribution in [2.45, 2.75) is 75.7 Å². The molecule has 0 radical (unpaired) electrons. The van der Waals surface area contributed by atoms with Crippen LogP contribution in [0.5, 0.6) is 0 Å². The quantitative estimate of drug-likeness (QED) is 0.634. The first kappa shape index (κ1) is 22.7. The summed E-state index contributed by atoms with van der Waals surface area (Å²) in [6.07, 6.45) is -7.93. The van der Waals surface area contributed by atoms with E-state index in [0.717, 1.165) is 0 Å². The van der Waals surface area contributed by atoms with Crippen molar-refractivity contribution in [3.05, 3.63) is 11.7 Å². The maximum atomic E-state index is 14.0. The van der Waals surface area contributed by atoms with Gasteiger partial charge in [0.05, 0.1) is 0 Å². The van der Waals surface area contributed by atoms with Crippen LogP contribution in [0.4, 0.5) is 26.7 Å². The van der Waals surface area contributed by atoms with E-state index >= 15 is 0 Å². The topological polar surface area (TPSA) is 77.7 Å². The van der Waals surface area contributed by atoms with Gasteiger partial charge in [0.15, 0.2) is 5.82 Å². The lowest BCUT2D eigenvalue weighted by Crippen LogP contribution is -2.53. The molecule has 1 atom stereocenters. The van der Waals surface area contributed by atoms with Crippen LogP contribution < -0.4 is 0 Å². The van der Waals surface area contributed by atoms with Crippen molar-refractivity contribution in [2.75, 3.05) is 19.7 Å². The molecule has 2 saturated heterocycles. The summed E-state index contributed by atoms with van der Waals surface area (Å²) in [4.78, 5) is 17.3. The number of halogens is 5. The molecule has 0 aromatic carbocycles. The van der Waals surface area contributed by atoms with Crippen LogP contribution in [-0.2, 0) is 14.9 Å². The molecule has 0 spiro atoms. The Bertz CT molecular complexity index is 757. The molecule has 7 nitrogen and oxygen atoms in total. The molecule has 30 heavy (non-hydrogen) atoms. The number of hydrogen-bond donors (Lipinski definition) is 0. The van der Waals surface area contributed by atoms with Crippen molar-refractivity contribution < 1.29 is 40.7 Å². The zero-order valence-electron chi connectivity index (χ0n) is 16.9. The first-order chi connectivity index (χ1) is 13.7. The highest BCUT2D eigenvalue weighted by molar-refractivity contribution is 5.68. The Hall–Kier alpha value is -1.98. The summed E-state index contributed by atoms with van der Waals surface area (Å²) in [6.45, 7) is 3.73. The Morgan fingerprint density at radius 2 is 1.80 bits per heavy atom. The Morgan fingerprint density at radius 3 is 2.30 bits per heavy atom. The van der Waals surface area contributed by atoms with Crippen LogP contribution in [0.2, 0.25) is 0 Å². The van der Waals surface area contributed by atoms with Crippen LogP contribution in [-0.4, -0.2) is 58.5 Å². The molecular weight excluding hydrogens is 417 g/mol. The van der Waals surface area contributed by atoms with E-state index in [9.17, 15) is 26.7 Å². The molecule has 3 heterocycles. The zero-order valence-corrected chi connectivity index (χ0v) is 16.9. The van der Waals surface area contributed by atoms with Crippen molar-refractivity contribution in [3.8, 4) is 0 Å². The molecule has 0 saturated carbocycles. The molecular formula is C18H24F5N3O4. The Balaban J connectivity index is 1.75. The number of amides is 1. The molecule has 2 aliphatic heterocycles. The smallest absolute Gasteiger partial charge is 0.410 e. The van der Waals surface area contributed by atoms with E-state index in [1.807, 2.05) is 0 Å². The molecule has 1 aromatic heterocycles. The van der Waals surface area contributed by atoms with Crippen molar-refractivity contribution in [3.63, 3.8) is 0 Å². The summed E-state index contributed by atoms with van der Waals surface area (Å²) in [7, 11) is 0. The van der Waals surface area contributed by atoms with E-state index in [2.05, 4.69) is 10.1 Å². The molecule has 2 aliphatic rings. The standard InChI is InChI=1S/C18H24F5N3O4/c1-15(2,3)29-14(27)26-8-6-16(7-9-26,18(21,22)23)13-24-12(30-25-13)11-4-5-17(19,20)10-28-11/h11H,4-10H2,1-3H3.